The lowest BCUT2D eigenvalue weighted by atomic mass is 10.0. The van der Waals surface area contributed by atoms with Crippen molar-refractivity contribution in [2.75, 3.05) is 18.0 Å². The van der Waals surface area contributed by atoms with Gasteiger partial charge in [0.1, 0.15) is 17.8 Å². The fraction of sp³-hybridized carbons (Fsp3) is 0.211. The van der Waals surface area contributed by atoms with E-state index >= 15 is 0 Å². The quantitative estimate of drug-likeness (QED) is 0.422. The van der Waals surface area contributed by atoms with Crippen LogP contribution >= 0.6 is 0 Å². The predicted molar refractivity (Wildman–Crippen MR) is 108 cm³/mol. The van der Waals surface area contributed by atoms with Gasteiger partial charge >= 0.3 is 6.09 Å². The number of nitrogens with one attached hydrogen (secondary N) is 1. The van der Waals surface area contributed by atoms with E-state index in [1.165, 1.54) is 35.2 Å². The molecule has 0 unspecified atom stereocenters. The minimum absolute atomic E-state index is 0.128. The molecule has 1 aliphatic heterocycles. The highest BCUT2D eigenvalue weighted by Crippen LogP contribution is 2.30. The zero-order valence-corrected chi connectivity index (χ0v) is 16.7. The fourth-order valence-electron chi connectivity index (χ4n) is 2.96. The molecule has 1 atom stereocenters. The van der Waals surface area contributed by atoms with E-state index in [9.17, 15) is 17.6 Å². The highest BCUT2D eigenvalue weighted by molar-refractivity contribution is 7.89. The van der Waals surface area contributed by atoms with Gasteiger partial charge < -0.3 is 10.1 Å². The summed E-state index contributed by atoms with van der Waals surface area (Å²) in [6.07, 6.45) is 0.519. The molecule has 3 N–H and O–H groups in total. The van der Waals surface area contributed by atoms with Crippen LogP contribution in [0.4, 0.5) is 14.9 Å². The number of hydrogen-bond acceptors (Lipinski definition) is 6. The van der Waals surface area contributed by atoms with E-state index in [1.54, 1.807) is 25.2 Å². The van der Waals surface area contributed by atoms with Crippen molar-refractivity contribution in [2.45, 2.75) is 17.9 Å². The molecule has 0 aromatic heterocycles. The van der Waals surface area contributed by atoms with Crippen LogP contribution in [-0.4, -0.2) is 39.5 Å². The van der Waals surface area contributed by atoms with Crippen LogP contribution in [0.5, 0.6) is 0 Å². The molecule has 1 heterocycles. The number of benzene rings is 2. The third-order valence-corrected chi connectivity index (χ3v) is 5.33. The van der Waals surface area contributed by atoms with Crippen LogP contribution in [0.2, 0.25) is 0 Å². The van der Waals surface area contributed by atoms with Crippen LogP contribution < -0.4 is 15.4 Å². The van der Waals surface area contributed by atoms with Crippen molar-refractivity contribution >= 4 is 27.6 Å². The normalized spacial score (nSPS) is 16.9. The molecule has 0 aliphatic carbocycles. The molecule has 3 rings (SSSR count). The molecule has 0 saturated carbocycles. The van der Waals surface area contributed by atoms with Gasteiger partial charge in [0.05, 0.1) is 23.7 Å². The second-order valence-electron chi connectivity index (χ2n) is 6.53. The summed E-state index contributed by atoms with van der Waals surface area (Å²) in [5.74, 6) is -0.241. The number of primary sulfonamides is 1. The van der Waals surface area contributed by atoms with Gasteiger partial charge in [-0.2, -0.15) is 10.3 Å². The van der Waals surface area contributed by atoms with Crippen molar-refractivity contribution < 1.29 is 22.3 Å². The molecule has 9 nitrogen and oxygen atoms in total. The molecule has 2 aromatic carbocycles. The predicted octanol–water partition coefficient (Wildman–Crippen LogP) is 1.95. The Kier molecular flexibility index (Phi) is 6.00. The number of ether oxygens (including phenoxy) is 1. The molecular formula is C19H18FN5O4S. The van der Waals surface area contributed by atoms with Crippen LogP contribution in [0.1, 0.15) is 6.92 Å². The van der Waals surface area contributed by atoms with Crippen molar-refractivity contribution in [3.05, 3.63) is 48.3 Å². The monoisotopic (exact) mass is 431 g/mol. The highest BCUT2D eigenvalue weighted by atomic mass is 32.2. The first kappa shape index (κ1) is 21.2. The van der Waals surface area contributed by atoms with E-state index < -0.39 is 28.0 Å². The second kappa shape index (κ2) is 8.48. The summed E-state index contributed by atoms with van der Waals surface area (Å²) in [6, 6.07) is 9.81. The number of carbonyl (C=O) groups is 1. The number of nitriles is 1. The Morgan fingerprint density at radius 3 is 2.83 bits per heavy atom. The molecule has 1 fully saturated rings. The van der Waals surface area contributed by atoms with Crippen molar-refractivity contribution in [3.63, 3.8) is 0 Å². The lowest BCUT2D eigenvalue weighted by molar-refractivity contribution is 0.143. The molecule has 1 amide bonds. The number of amides is 1. The summed E-state index contributed by atoms with van der Waals surface area (Å²) in [4.78, 5) is 16.8. The minimum Gasteiger partial charge on any atom is -0.442 e. The molecular weight excluding hydrogens is 413 g/mol. The average Bonchev–Trinajstić information content (AvgIpc) is 3.06. The Labute approximate surface area is 172 Å². The first-order valence-electron chi connectivity index (χ1n) is 8.77. The standard InChI is InChI=1S/C19H18FN5O4S/c1-12(24-11-21)23-9-15-10-25(19(26)29-15)14-5-6-17(18(20)8-14)13-3-2-4-16(7-13)30(22,27)28/h2-8,15H,9-10H2,1H3,(H,23,24)(H2,22,27,28)/t15-/m0/s1. The Balaban J connectivity index is 1.78. The number of sulfonamides is 1. The Morgan fingerprint density at radius 2 is 2.17 bits per heavy atom. The van der Waals surface area contributed by atoms with Crippen LogP contribution in [0.3, 0.4) is 0 Å². The van der Waals surface area contributed by atoms with E-state index in [0.717, 1.165) is 0 Å². The first-order valence-corrected chi connectivity index (χ1v) is 10.3. The van der Waals surface area contributed by atoms with Gasteiger partial charge in [0.2, 0.25) is 16.2 Å². The van der Waals surface area contributed by atoms with Gasteiger partial charge in [-0.3, -0.25) is 4.90 Å². The van der Waals surface area contributed by atoms with Crippen LogP contribution in [-0.2, 0) is 14.8 Å². The number of rotatable bonds is 5. The maximum atomic E-state index is 14.8. The maximum absolute atomic E-state index is 14.8. The largest absolute Gasteiger partial charge is 0.442 e. The van der Waals surface area contributed by atoms with Crippen molar-refractivity contribution in [2.24, 2.45) is 10.1 Å². The third kappa shape index (κ3) is 4.73. The smallest absolute Gasteiger partial charge is 0.414 e. The molecule has 0 spiro atoms. The van der Waals surface area contributed by atoms with Gasteiger partial charge in [0.15, 0.2) is 0 Å². The van der Waals surface area contributed by atoms with Crippen LogP contribution in [0.25, 0.3) is 11.1 Å². The zero-order valence-electron chi connectivity index (χ0n) is 15.9. The number of nitrogens with two attached hydrogens (primary N) is 1. The fourth-order valence-corrected chi connectivity index (χ4v) is 3.52. The van der Waals surface area contributed by atoms with Crippen molar-refractivity contribution in [1.29, 1.82) is 5.26 Å². The van der Waals surface area contributed by atoms with Crippen molar-refractivity contribution in [3.8, 4) is 17.3 Å². The summed E-state index contributed by atoms with van der Waals surface area (Å²) in [5.41, 5.74) is 0.802. The number of halogens is 1. The van der Waals surface area contributed by atoms with Gasteiger partial charge in [-0.15, -0.1) is 0 Å². The molecule has 1 saturated heterocycles. The topological polar surface area (TPSA) is 138 Å². The average molecular weight is 431 g/mol. The van der Waals surface area contributed by atoms with E-state index in [1.807, 2.05) is 0 Å². The number of nitrogens with zero attached hydrogens (tertiary/aromatic N) is 3. The number of amidine groups is 1. The molecule has 11 heteroatoms. The van der Waals surface area contributed by atoms with E-state index in [2.05, 4.69) is 10.3 Å². The van der Waals surface area contributed by atoms with E-state index in [-0.39, 0.29) is 23.5 Å². The molecule has 30 heavy (non-hydrogen) atoms. The lowest BCUT2D eigenvalue weighted by Gasteiger charge is -2.15. The number of aliphatic imine (C=N–C) groups is 1. The summed E-state index contributed by atoms with van der Waals surface area (Å²) in [5, 5.41) is 16.5. The van der Waals surface area contributed by atoms with E-state index in [0.29, 0.717) is 17.1 Å². The van der Waals surface area contributed by atoms with Gasteiger partial charge in [-0.1, -0.05) is 12.1 Å². The van der Waals surface area contributed by atoms with Crippen LogP contribution in [0, 0.1) is 17.3 Å². The van der Waals surface area contributed by atoms with Crippen molar-refractivity contribution in [1.82, 2.24) is 5.32 Å². The minimum atomic E-state index is -3.92. The summed E-state index contributed by atoms with van der Waals surface area (Å²) < 4.78 is 43.1. The maximum Gasteiger partial charge on any atom is 0.414 e. The Morgan fingerprint density at radius 1 is 1.40 bits per heavy atom. The molecule has 1 aliphatic rings. The van der Waals surface area contributed by atoms with Gasteiger partial charge in [-0.25, -0.2) is 22.7 Å². The van der Waals surface area contributed by atoms with Gasteiger partial charge in [0.25, 0.3) is 0 Å². The molecule has 0 bridgehead atoms. The molecule has 156 valence electrons. The SMILES string of the molecule is C/C(=N\C#N)NC[C@H]1CN(c2ccc(-c3cccc(S(N)(=O)=O)c3)c(F)c2)C(=O)O1. The number of carbonyl (C=O) groups excluding carboxylic acids is 1. The summed E-state index contributed by atoms with van der Waals surface area (Å²) >= 11 is 0. The third-order valence-electron chi connectivity index (χ3n) is 4.42. The van der Waals surface area contributed by atoms with Crippen LogP contribution in [0.15, 0.2) is 52.4 Å². The number of cyclic esters (lactones) is 1. The molecule has 0 radical (unpaired) electrons. The lowest BCUT2D eigenvalue weighted by Crippen LogP contribution is -2.33. The number of hydrogen-bond donors (Lipinski definition) is 2. The van der Waals surface area contributed by atoms with Gasteiger partial charge in [0, 0.05) is 5.56 Å². The van der Waals surface area contributed by atoms with Gasteiger partial charge in [-0.05, 0) is 42.8 Å². The number of anilines is 1. The first-order chi connectivity index (χ1) is 14.2. The highest BCUT2D eigenvalue weighted by Gasteiger charge is 2.32. The Hall–Kier alpha value is -3.49. The zero-order chi connectivity index (χ0) is 21.9. The Bertz CT molecular complexity index is 1160. The molecule has 2 aromatic rings. The summed E-state index contributed by atoms with van der Waals surface area (Å²) in [7, 11) is -3.92. The summed E-state index contributed by atoms with van der Waals surface area (Å²) in [6.45, 7) is 2.04. The van der Waals surface area contributed by atoms with E-state index in [4.69, 9.17) is 15.1 Å². The second-order valence-corrected chi connectivity index (χ2v) is 8.09.